The molecule has 17 heavy (non-hydrogen) atoms. The van der Waals surface area contributed by atoms with Crippen LogP contribution in [0.5, 0.6) is 0 Å². The molecule has 1 unspecified atom stereocenters. The average Bonchev–Trinajstić information content (AvgIpc) is 2.52. The molecule has 1 heterocycles. The van der Waals surface area contributed by atoms with Gasteiger partial charge >= 0.3 is 0 Å². The second-order valence-corrected chi connectivity index (χ2v) is 4.88. The molecule has 1 aliphatic carbocycles. The van der Waals surface area contributed by atoms with Crippen LogP contribution in [0.25, 0.3) is 0 Å². The summed E-state index contributed by atoms with van der Waals surface area (Å²) in [6.45, 7) is 2.90. The molecule has 1 amide bonds. The van der Waals surface area contributed by atoms with Gasteiger partial charge in [0.2, 0.25) is 5.91 Å². The fourth-order valence-electron chi connectivity index (χ4n) is 2.46. The van der Waals surface area contributed by atoms with E-state index < -0.39 is 0 Å². The molecule has 2 rings (SSSR count). The average molecular weight is 232 g/mol. The lowest BCUT2D eigenvalue weighted by Crippen LogP contribution is -2.35. The van der Waals surface area contributed by atoms with Gasteiger partial charge in [-0.1, -0.05) is 24.6 Å². The molecule has 3 heteroatoms. The Morgan fingerprint density at radius 3 is 3.00 bits per heavy atom. The molecule has 0 aromatic rings. The van der Waals surface area contributed by atoms with Crippen molar-refractivity contribution in [3.63, 3.8) is 0 Å². The highest BCUT2D eigenvalue weighted by atomic mass is 16.1. The van der Waals surface area contributed by atoms with Gasteiger partial charge < -0.3 is 10.7 Å². The van der Waals surface area contributed by atoms with E-state index in [1.807, 2.05) is 0 Å². The summed E-state index contributed by atoms with van der Waals surface area (Å²) in [5.41, 5.74) is 3.47. The van der Waals surface area contributed by atoms with Crippen molar-refractivity contribution in [2.45, 2.75) is 39.0 Å². The summed E-state index contributed by atoms with van der Waals surface area (Å²) in [6.07, 6.45) is 8.60. The number of hydrogen-bond acceptors (Lipinski definition) is 2. The second kappa shape index (κ2) is 5.30. The Morgan fingerprint density at radius 2 is 2.35 bits per heavy atom. The number of amides is 1. The van der Waals surface area contributed by atoms with Crippen molar-refractivity contribution in [3.05, 3.63) is 23.3 Å². The third-order valence-corrected chi connectivity index (χ3v) is 3.59. The molecule has 1 atom stereocenters. The van der Waals surface area contributed by atoms with Crippen molar-refractivity contribution in [3.8, 4) is 0 Å². The molecular formula is C14H20N2O. The van der Waals surface area contributed by atoms with Gasteiger partial charge in [0.05, 0.1) is 0 Å². The molecule has 3 nitrogen and oxygen atoms in total. The highest BCUT2D eigenvalue weighted by Gasteiger charge is 2.21. The van der Waals surface area contributed by atoms with Crippen LogP contribution in [-0.2, 0) is 4.79 Å². The summed E-state index contributed by atoms with van der Waals surface area (Å²) in [4.78, 5) is 11.2. The van der Waals surface area contributed by atoms with Crippen molar-refractivity contribution < 1.29 is 4.79 Å². The van der Waals surface area contributed by atoms with E-state index in [0.29, 0.717) is 12.3 Å². The molecule has 1 fully saturated rings. The number of rotatable bonds is 2. The predicted octanol–water partition coefficient (Wildman–Crippen LogP) is 2.59. The van der Waals surface area contributed by atoms with E-state index in [2.05, 4.69) is 24.4 Å². The molecule has 0 aromatic carbocycles. The van der Waals surface area contributed by atoms with Gasteiger partial charge in [0.25, 0.3) is 0 Å². The van der Waals surface area contributed by atoms with Gasteiger partial charge in [0.15, 0.2) is 0 Å². The molecule has 1 aliphatic heterocycles. The molecule has 1 saturated heterocycles. The van der Waals surface area contributed by atoms with Gasteiger partial charge in [-0.2, -0.15) is 0 Å². The Balaban J connectivity index is 2.12. The molecule has 92 valence electrons. The minimum Gasteiger partial charge on any atom is -0.355 e. The van der Waals surface area contributed by atoms with Crippen molar-refractivity contribution >= 4 is 11.6 Å². The minimum atomic E-state index is 0.169. The van der Waals surface area contributed by atoms with Gasteiger partial charge in [-0.15, -0.1) is 0 Å². The van der Waals surface area contributed by atoms with Crippen molar-refractivity contribution in [2.24, 2.45) is 5.92 Å². The van der Waals surface area contributed by atoms with E-state index in [1.54, 1.807) is 0 Å². The molecular weight excluding hydrogens is 212 g/mol. The lowest BCUT2D eigenvalue weighted by molar-refractivity contribution is -0.122. The van der Waals surface area contributed by atoms with Crippen LogP contribution >= 0.6 is 0 Å². The van der Waals surface area contributed by atoms with E-state index >= 15 is 0 Å². The van der Waals surface area contributed by atoms with E-state index in [9.17, 15) is 4.79 Å². The summed E-state index contributed by atoms with van der Waals surface area (Å²) < 4.78 is 0. The number of piperidine rings is 1. The van der Waals surface area contributed by atoms with Crippen LogP contribution in [0.15, 0.2) is 23.3 Å². The Hall–Kier alpha value is -1.38. The van der Waals surface area contributed by atoms with E-state index in [-0.39, 0.29) is 5.91 Å². The fraction of sp³-hybridized carbons (Fsp3) is 0.571. The minimum absolute atomic E-state index is 0.169. The molecule has 0 radical (unpaired) electrons. The Kier molecular flexibility index (Phi) is 3.77. The largest absolute Gasteiger partial charge is 0.355 e. The molecule has 2 N–H and O–H groups in total. The third-order valence-electron chi connectivity index (χ3n) is 3.59. The topological polar surface area (TPSA) is 53.0 Å². The zero-order valence-corrected chi connectivity index (χ0v) is 10.4. The zero-order valence-electron chi connectivity index (χ0n) is 10.4. The fourth-order valence-corrected chi connectivity index (χ4v) is 2.46. The van der Waals surface area contributed by atoms with Crippen LogP contribution in [0.1, 0.15) is 39.0 Å². The zero-order chi connectivity index (χ0) is 12.3. The Bertz CT molecular complexity index is 383. The van der Waals surface area contributed by atoms with Crippen LogP contribution in [-0.4, -0.2) is 18.2 Å². The summed E-state index contributed by atoms with van der Waals surface area (Å²) in [7, 11) is 0. The molecule has 2 aliphatic rings. The smallest absolute Gasteiger partial charge is 0.220 e. The summed E-state index contributed by atoms with van der Waals surface area (Å²) in [5, 5.41) is 10.8. The van der Waals surface area contributed by atoms with Crippen LogP contribution in [0.3, 0.4) is 0 Å². The van der Waals surface area contributed by atoms with Crippen LogP contribution in [0.4, 0.5) is 0 Å². The van der Waals surface area contributed by atoms with Crippen LogP contribution in [0, 0.1) is 11.3 Å². The van der Waals surface area contributed by atoms with E-state index in [1.165, 1.54) is 11.1 Å². The maximum Gasteiger partial charge on any atom is 0.220 e. The van der Waals surface area contributed by atoms with Gasteiger partial charge in [-0.3, -0.25) is 4.79 Å². The monoisotopic (exact) mass is 232 g/mol. The maximum atomic E-state index is 11.2. The first-order valence-corrected chi connectivity index (χ1v) is 6.41. The first-order valence-electron chi connectivity index (χ1n) is 6.41. The standard InChI is InChI=1S/C14H20N2O/c1-2-10-7-11(3-5-13(15)8-10)12-4-6-14(17)16-9-12/h3,7,12,15H,2,4-6,8-9H2,1H3,(H,16,17). The number of allylic oxidation sites excluding steroid dienone is 3. The van der Waals surface area contributed by atoms with E-state index in [4.69, 9.17) is 5.41 Å². The lowest BCUT2D eigenvalue weighted by Gasteiger charge is -2.23. The highest BCUT2D eigenvalue weighted by molar-refractivity contribution is 5.86. The van der Waals surface area contributed by atoms with Crippen LogP contribution in [0.2, 0.25) is 0 Å². The number of nitrogens with one attached hydrogen (secondary N) is 2. The quantitative estimate of drug-likeness (QED) is 0.755. The number of carbonyl (C=O) groups excluding carboxylic acids is 1. The van der Waals surface area contributed by atoms with E-state index in [0.717, 1.165) is 37.9 Å². The summed E-state index contributed by atoms with van der Waals surface area (Å²) >= 11 is 0. The molecule has 0 spiro atoms. The Labute approximate surface area is 102 Å². The van der Waals surface area contributed by atoms with Gasteiger partial charge in [0.1, 0.15) is 0 Å². The SMILES string of the molecule is CCC1=CC(C2CCC(=O)NC2)=CCC(=N)C1. The highest BCUT2D eigenvalue weighted by Crippen LogP contribution is 2.26. The number of hydrogen-bond donors (Lipinski definition) is 2. The van der Waals surface area contributed by atoms with Gasteiger partial charge in [0, 0.05) is 37.4 Å². The second-order valence-electron chi connectivity index (χ2n) is 4.88. The van der Waals surface area contributed by atoms with Crippen LogP contribution < -0.4 is 5.32 Å². The van der Waals surface area contributed by atoms with Crippen molar-refractivity contribution in [1.29, 1.82) is 5.41 Å². The maximum absolute atomic E-state index is 11.2. The summed E-state index contributed by atoms with van der Waals surface area (Å²) in [6, 6.07) is 0. The predicted molar refractivity (Wildman–Crippen MR) is 69.2 cm³/mol. The third kappa shape index (κ3) is 3.05. The normalized spacial score (nSPS) is 25.8. The molecule has 0 aromatic heterocycles. The summed E-state index contributed by atoms with van der Waals surface area (Å²) in [5.74, 6) is 0.614. The first kappa shape index (κ1) is 12.1. The van der Waals surface area contributed by atoms with Gasteiger partial charge in [-0.25, -0.2) is 0 Å². The van der Waals surface area contributed by atoms with Crippen molar-refractivity contribution in [2.75, 3.05) is 6.54 Å². The molecule has 0 saturated carbocycles. The Morgan fingerprint density at radius 1 is 1.53 bits per heavy atom. The lowest BCUT2D eigenvalue weighted by atomic mass is 9.89. The molecule has 0 bridgehead atoms. The van der Waals surface area contributed by atoms with Crippen molar-refractivity contribution in [1.82, 2.24) is 5.32 Å². The number of carbonyl (C=O) groups is 1. The first-order chi connectivity index (χ1) is 8.19. The van der Waals surface area contributed by atoms with Gasteiger partial charge in [-0.05, 0) is 18.4 Å².